The molecule has 0 saturated heterocycles. The molecule has 3 N–H and O–H groups in total. The molecule has 74 valence electrons. The highest BCUT2D eigenvalue weighted by atomic mass is 15.1. The molecule has 0 spiro atoms. The van der Waals surface area contributed by atoms with Crippen LogP contribution in [-0.4, -0.2) is 17.9 Å². The van der Waals surface area contributed by atoms with E-state index in [-0.39, 0.29) is 5.54 Å². The second-order valence-corrected chi connectivity index (χ2v) is 4.26. The largest absolute Gasteiger partial charge is 0.398 e. The van der Waals surface area contributed by atoms with Crippen LogP contribution in [0.2, 0.25) is 0 Å². The van der Waals surface area contributed by atoms with Gasteiger partial charge in [-0.05, 0) is 26.0 Å². The Morgan fingerprint density at radius 3 is 2.64 bits per heavy atom. The lowest BCUT2D eigenvalue weighted by Crippen LogP contribution is -2.40. The Hall–Kier alpha value is -1.51. The maximum Gasteiger partial charge on any atom is 0.130 e. The summed E-state index contributed by atoms with van der Waals surface area (Å²) in [6.07, 6.45) is 0. The van der Waals surface area contributed by atoms with E-state index in [1.54, 1.807) is 0 Å². The summed E-state index contributed by atoms with van der Waals surface area (Å²) in [5, 5.41) is 3.36. The normalized spacial score (nSPS) is 18.9. The Kier molecular flexibility index (Phi) is 1.95. The number of amidine groups is 1. The average molecular weight is 189 g/mol. The third-order valence-corrected chi connectivity index (χ3v) is 2.31. The summed E-state index contributed by atoms with van der Waals surface area (Å²) in [4.78, 5) is 4.45. The van der Waals surface area contributed by atoms with E-state index in [2.05, 4.69) is 24.2 Å². The highest BCUT2D eigenvalue weighted by Crippen LogP contribution is 2.17. The number of nitrogens with two attached hydrogens (primary N) is 1. The average Bonchev–Trinajstić information content (AvgIpc) is 2.47. The van der Waals surface area contributed by atoms with Crippen LogP contribution in [0.4, 0.5) is 5.69 Å². The van der Waals surface area contributed by atoms with Crippen molar-refractivity contribution in [2.45, 2.75) is 19.4 Å². The fraction of sp³-hybridized carbons (Fsp3) is 0.364. The zero-order valence-corrected chi connectivity index (χ0v) is 8.54. The number of aliphatic imine (C=N–C) groups is 1. The Labute approximate surface area is 84.0 Å². The van der Waals surface area contributed by atoms with Crippen molar-refractivity contribution in [2.75, 3.05) is 12.3 Å². The molecule has 0 unspecified atom stereocenters. The first kappa shape index (κ1) is 9.06. The van der Waals surface area contributed by atoms with Gasteiger partial charge in [0.25, 0.3) is 0 Å². The molecular weight excluding hydrogens is 174 g/mol. The number of para-hydroxylation sites is 1. The van der Waals surface area contributed by atoms with E-state index in [1.807, 2.05) is 24.3 Å². The van der Waals surface area contributed by atoms with Crippen molar-refractivity contribution in [3.63, 3.8) is 0 Å². The molecule has 3 heteroatoms. The van der Waals surface area contributed by atoms with E-state index in [0.29, 0.717) is 0 Å². The first-order chi connectivity index (χ1) is 6.58. The standard InChI is InChI=1S/C11H15N3/c1-11(2)7-13-10(14-11)8-5-3-4-6-9(8)12/h3-6H,7,12H2,1-2H3,(H,13,14). The van der Waals surface area contributed by atoms with Crippen LogP contribution in [0.15, 0.2) is 29.3 Å². The smallest absolute Gasteiger partial charge is 0.130 e. The lowest BCUT2D eigenvalue weighted by atomic mass is 10.1. The molecule has 3 nitrogen and oxygen atoms in total. The molecule has 0 aromatic heterocycles. The third-order valence-electron chi connectivity index (χ3n) is 2.31. The summed E-state index contributed by atoms with van der Waals surface area (Å²) in [6, 6.07) is 7.79. The molecule has 1 aliphatic rings. The molecule has 0 fully saturated rings. The van der Waals surface area contributed by atoms with Gasteiger partial charge in [0.1, 0.15) is 5.84 Å². The minimum atomic E-state index is 0.0532. The Morgan fingerprint density at radius 1 is 1.36 bits per heavy atom. The van der Waals surface area contributed by atoms with Gasteiger partial charge in [0, 0.05) is 11.3 Å². The Morgan fingerprint density at radius 2 is 2.07 bits per heavy atom. The quantitative estimate of drug-likeness (QED) is 0.656. The lowest BCUT2D eigenvalue weighted by Gasteiger charge is -2.18. The van der Waals surface area contributed by atoms with Crippen molar-refractivity contribution in [2.24, 2.45) is 4.99 Å². The minimum Gasteiger partial charge on any atom is -0.398 e. The van der Waals surface area contributed by atoms with E-state index in [1.165, 1.54) is 0 Å². The van der Waals surface area contributed by atoms with Gasteiger partial charge in [-0.3, -0.25) is 4.99 Å². The number of hydrogen-bond donors (Lipinski definition) is 2. The fourth-order valence-corrected chi connectivity index (χ4v) is 1.54. The van der Waals surface area contributed by atoms with Crippen LogP contribution in [0.1, 0.15) is 19.4 Å². The van der Waals surface area contributed by atoms with Gasteiger partial charge >= 0.3 is 0 Å². The second kappa shape index (κ2) is 3.01. The van der Waals surface area contributed by atoms with E-state index in [9.17, 15) is 0 Å². The lowest BCUT2D eigenvalue weighted by molar-refractivity contribution is 0.506. The summed E-state index contributed by atoms with van der Waals surface area (Å²) < 4.78 is 0. The summed E-state index contributed by atoms with van der Waals surface area (Å²) in [6.45, 7) is 5.06. The van der Waals surface area contributed by atoms with E-state index in [0.717, 1.165) is 23.6 Å². The summed E-state index contributed by atoms with van der Waals surface area (Å²) in [5.74, 6) is 0.910. The predicted octanol–water partition coefficient (Wildman–Crippen LogP) is 1.40. The molecule has 1 aromatic carbocycles. The van der Waals surface area contributed by atoms with Crippen LogP contribution in [0, 0.1) is 0 Å². The van der Waals surface area contributed by atoms with Crippen LogP contribution in [0.3, 0.4) is 0 Å². The number of nitrogens with zero attached hydrogens (tertiary/aromatic N) is 1. The highest BCUT2D eigenvalue weighted by molar-refractivity contribution is 6.04. The zero-order valence-electron chi connectivity index (χ0n) is 8.54. The van der Waals surface area contributed by atoms with E-state index < -0.39 is 0 Å². The molecule has 1 aliphatic heterocycles. The number of hydrogen-bond acceptors (Lipinski definition) is 3. The van der Waals surface area contributed by atoms with Gasteiger partial charge in [-0.25, -0.2) is 0 Å². The van der Waals surface area contributed by atoms with Crippen LogP contribution < -0.4 is 11.1 Å². The molecule has 0 radical (unpaired) electrons. The molecule has 14 heavy (non-hydrogen) atoms. The van der Waals surface area contributed by atoms with Crippen molar-refractivity contribution in [1.29, 1.82) is 0 Å². The first-order valence-electron chi connectivity index (χ1n) is 4.76. The minimum absolute atomic E-state index is 0.0532. The van der Waals surface area contributed by atoms with Gasteiger partial charge in [0.05, 0.1) is 12.1 Å². The maximum atomic E-state index is 5.87. The predicted molar refractivity (Wildman–Crippen MR) is 59.5 cm³/mol. The third kappa shape index (κ3) is 1.58. The van der Waals surface area contributed by atoms with Crippen LogP contribution in [0.5, 0.6) is 0 Å². The number of rotatable bonds is 1. The maximum absolute atomic E-state index is 5.87. The number of nitrogens with one attached hydrogen (secondary N) is 1. The Balaban J connectivity index is 2.30. The summed E-state index contributed by atoms with van der Waals surface area (Å²) in [7, 11) is 0. The molecule has 1 aromatic rings. The molecule has 1 heterocycles. The monoisotopic (exact) mass is 189 g/mol. The van der Waals surface area contributed by atoms with Gasteiger partial charge in [0.2, 0.25) is 0 Å². The van der Waals surface area contributed by atoms with Crippen LogP contribution in [0.25, 0.3) is 0 Å². The van der Waals surface area contributed by atoms with Gasteiger partial charge in [-0.1, -0.05) is 12.1 Å². The van der Waals surface area contributed by atoms with E-state index >= 15 is 0 Å². The van der Waals surface area contributed by atoms with Gasteiger partial charge in [0.15, 0.2) is 0 Å². The zero-order chi connectivity index (χ0) is 10.2. The van der Waals surface area contributed by atoms with Crippen molar-refractivity contribution < 1.29 is 0 Å². The van der Waals surface area contributed by atoms with Crippen molar-refractivity contribution in [1.82, 2.24) is 5.32 Å². The van der Waals surface area contributed by atoms with Crippen molar-refractivity contribution in [3.8, 4) is 0 Å². The molecule has 0 bridgehead atoms. The molecule has 2 rings (SSSR count). The molecule has 0 atom stereocenters. The van der Waals surface area contributed by atoms with Gasteiger partial charge < -0.3 is 11.1 Å². The number of nitrogen functional groups attached to an aromatic ring is 1. The Bertz CT molecular complexity index is 380. The molecular formula is C11H15N3. The first-order valence-corrected chi connectivity index (χ1v) is 4.76. The van der Waals surface area contributed by atoms with Crippen molar-refractivity contribution >= 4 is 11.5 Å². The fourth-order valence-electron chi connectivity index (χ4n) is 1.54. The van der Waals surface area contributed by atoms with Crippen LogP contribution in [-0.2, 0) is 0 Å². The molecule has 0 saturated carbocycles. The summed E-state index contributed by atoms with van der Waals surface area (Å²) >= 11 is 0. The van der Waals surface area contributed by atoms with Crippen molar-refractivity contribution in [3.05, 3.63) is 29.8 Å². The SMILES string of the molecule is CC1(C)CN=C(c2ccccc2N)N1. The van der Waals surface area contributed by atoms with Gasteiger partial charge in [-0.15, -0.1) is 0 Å². The molecule has 0 amide bonds. The number of anilines is 1. The number of benzene rings is 1. The highest BCUT2D eigenvalue weighted by Gasteiger charge is 2.25. The summed E-state index contributed by atoms with van der Waals surface area (Å²) in [5.41, 5.74) is 7.69. The second-order valence-electron chi connectivity index (χ2n) is 4.26. The molecule has 0 aliphatic carbocycles. The van der Waals surface area contributed by atoms with Crippen LogP contribution >= 0.6 is 0 Å². The van der Waals surface area contributed by atoms with Gasteiger partial charge in [-0.2, -0.15) is 0 Å². The topological polar surface area (TPSA) is 50.4 Å². The van der Waals surface area contributed by atoms with E-state index in [4.69, 9.17) is 5.73 Å².